The number of aryl methyl sites for hydroxylation is 1. The Kier molecular flexibility index (Phi) is 3.92. The Morgan fingerprint density at radius 1 is 1.14 bits per heavy atom. The van der Waals surface area contributed by atoms with Gasteiger partial charge in [0.25, 0.3) is 0 Å². The second-order valence-electron chi connectivity index (χ2n) is 4.69. The van der Waals surface area contributed by atoms with Gasteiger partial charge in [-0.1, -0.05) is 35.5 Å². The molecule has 0 atom stereocenters. The molecule has 0 unspecified atom stereocenters. The fourth-order valence-electron chi connectivity index (χ4n) is 1.99. The SMILES string of the molecule is Cc1cc(N)ccc1SCc1nc(-c2ccccc2)no1. The molecule has 3 aromatic rings. The number of thioether (sulfide) groups is 1. The predicted molar refractivity (Wildman–Crippen MR) is 84.9 cm³/mol. The minimum absolute atomic E-state index is 0.620. The molecule has 1 aromatic heterocycles. The van der Waals surface area contributed by atoms with Crippen molar-refractivity contribution in [3.63, 3.8) is 0 Å². The number of aromatic nitrogens is 2. The van der Waals surface area contributed by atoms with E-state index in [0.717, 1.165) is 16.8 Å². The van der Waals surface area contributed by atoms with Crippen molar-refractivity contribution in [2.45, 2.75) is 17.6 Å². The average Bonchev–Trinajstić information content (AvgIpc) is 2.96. The number of nitrogens with two attached hydrogens (primary N) is 1. The largest absolute Gasteiger partial charge is 0.399 e. The van der Waals surface area contributed by atoms with Crippen LogP contribution < -0.4 is 5.73 Å². The monoisotopic (exact) mass is 297 g/mol. The van der Waals surface area contributed by atoms with Crippen molar-refractivity contribution in [1.29, 1.82) is 0 Å². The van der Waals surface area contributed by atoms with E-state index in [-0.39, 0.29) is 0 Å². The number of anilines is 1. The second-order valence-corrected chi connectivity index (χ2v) is 5.71. The maximum Gasteiger partial charge on any atom is 0.237 e. The normalized spacial score (nSPS) is 10.7. The van der Waals surface area contributed by atoms with E-state index in [9.17, 15) is 0 Å². The van der Waals surface area contributed by atoms with Gasteiger partial charge in [-0.15, -0.1) is 11.8 Å². The summed E-state index contributed by atoms with van der Waals surface area (Å²) in [4.78, 5) is 5.59. The van der Waals surface area contributed by atoms with E-state index < -0.39 is 0 Å². The van der Waals surface area contributed by atoms with Gasteiger partial charge in [-0.25, -0.2) is 0 Å². The van der Waals surface area contributed by atoms with Crippen LogP contribution >= 0.6 is 11.8 Å². The van der Waals surface area contributed by atoms with Gasteiger partial charge in [-0.3, -0.25) is 0 Å². The molecule has 5 heteroatoms. The van der Waals surface area contributed by atoms with Crippen molar-refractivity contribution in [3.8, 4) is 11.4 Å². The summed E-state index contributed by atoms with van der Waals surface area (Å²) in [6.07, 6.45) is 0. The molecular weight excluding hydrogens is 282 g/mol. The molecule has 2 N–H and O–H groups in total. The predicted octanol–water partition coefficient (Wildman–Crippen LogP) is 3.92. The van der Waals surface area contributed by atoms with Gasteiger partial charge in [0.15, 0.2) is 0 Å². The molecule has 21 heavy (non-hydrogen) atoms. The molecule has 0 aliphatic rings. The number of rotatable bonds is 4. The smallest absolute Gasteiger partial charge is 0.237 e. The molecule has 4 nitrogen and oxygen atoms in total. The fourth-order valence-corrected chi connectivity index (χ4v) is 2.84. The summed E-state index contributed by atoms with van der Waals surface area (Å²) < 4.78 is 5.30. The highest BCUT2D eigenvalue weighted by Crippen LogP contribution is 2.27. The summed E-state index contributed by atoms with van der Waals surface area (Å²) in [5, 5.41) is 4.02. The summed E-state index contributed by atoms with van der Waals surface area (Å²) in [6, 6.07) is 15.7. The van der Waals surface area contributed by atoms with E-state index in [2.05, 4.69) is 10.1 Å². The lowest BCUT2D eigenvalue weighted by atomic mass is 10.2. The lowest BCUT2D eigenvalue weighted by Gasteiger charge is -2.04. The zero-order chi connectivity index (χ0) is 14.7. The van der Waals surface area contributed by atoms with Crippen LogP contribution in [-0.4, -0.2) is 10.1 Å². The van der Waals surface area contributed by atoms with Gasteiger partial charge in [0, 0.05) is 16.1 Å². The number of benzene rings is 2. The maximum absolute atomic E-state index is 5.75. The molecule has 0 radical (unpaired) electrons. The Balaban J connectivity index is 1.70. The third kappa shape index (κ3) is 3.25. The zero-order valence-corrected chi connectivity index (χ0v) is 12.4. The first-order valence-electron chi connectivity index (χ1n) is 6.59. The van der Waals surface area contributed by atoms with E-state index in [1.54, 1.807) is 11.8 Å². The number of hydrogen-bond acceptors (Lipinski definition) is 5. The molecule has 0 spiro atoms. The van der Waals surface area contributed by atoms with Gasteiger partial charge in [0.2, 0.25) is 11.7 Å². The van der Waals surface area contributed by atoms with Crippen LogP contribution in [0.4, 0.5) is 5.69 Å². The number of hydrogen-bond donors (Lipinski definition) is 1. The van der Waals surface area contributed by atoms with Crippen molar-refractivity contribution >= 4 is 17.4 Å². The van der Waals surface area contributed by atoms with Gasteiger partial charge >= 0.3 is 0 Å². The van der Waals surface area contributed by atoms with Crippen LogP contribution in [0.5, 0.6) is 0 Å². The Morgan fingerprint density at radius 3 is 2.71 bits per heavy atom. The first-order valence-corrected chi connectivity index (χ1v) is 7.58. The van der Waals surface area contributed by atoms with Crippen molar-refractivity contribution in [2.24, 2.45) is 0 Å². The Labute approximate surface area is 127 Å². The highest BCUT2D eigenvalue weighted by molar-refractivity contribution is 7.98. The standard InChI is InChI=1S/C16H15N3OS/c1-11-9-13(17)7-8-14(11)21-10-15-18-16(19-20-15)12-5-3-2-4-6-12/h2-9H,10,17H2,1H3. The summed E-state index contributed by atoms with van der Waals surface area (Å²) in [5.41, 5.74) is 8.65. The van der Waals surface area contributed by atoms with E-state index >= 15 is 0 Å². The highest BCUT2D eigenvalue weighted by atomic mass is 32.2. The van der Waals surface area contributed by atoms with Gasteiger partial charge < -0.3 is 10.3 Å². The third-order valence-electron chi connectivity index (χ3n) is 3.05. The summed E-state index contributed by atoms with van der Waals surface area (Å²) in [7, 11) is 0. The van der Waals surface area contributed by atoms with Crippen LogP contribution in [0.25, 0.3) is 11.4 Å². The van der Waals surface area contributed by atoms with Gasteiger partial charge in [0.1, 0.15) is 0 Å². The molecule has 2 aromatic carbocycles. The van der Waals surface area contributed by atoms with Crippen LogP contribution in [-0.2, 0) is 5.75 Å². The van der Waals surface area contributed by atoms with E-state index in [4.69, 9.17) is 10.3 Å². The third-order valence-corrected chi connectivity index (χ3v) is 4.21. The zero-order valence-electron chi connectivity index (χ0n) is 11.6. The lowest BCUT2D eigenvalue weighted by Crippen LogP contribution is -1.88. The van der Waals surface area contributed by atoms with Gasteiger partial charge in [0.05, 0.1) is 5.75 Å². The minimum atomic E-state index is 0.620. The summed E-state index contributed by atoms with van der Waals surface area (Å²) in [5.74, 6) is 1.89. The average molecular weight is 297 g/mol. The van der Waals surface area contributed by atoms with Gasteiger partial charge in [-0.2, -0.15) is 4.98 Å². The van der Waals surface area contributed by atoms with Crippen LogP contribution in [0.2, 0.25) is 0 Å². The molecule has 1 heterocycles. The van der Waals surface area contributed by atoms with Crippen LogP contribution in [0, 0.1) is 6.92 Å². The topological polar surface area (TPSA) is 64.9 Å². The molecule has 3 rings (SSSR count). The molecular formula is C16H15N3OS. The van der Waals surface area contributed by atoms with Crippen molar-refractivity contribution in [1.82, 2.24) is 10.1 Å². The molecule has 0 aliphatic heterocycles. The molecule has 0 saturated carbocycles. The van der Waals surface area contributed by atoms with Crippen molar-refractivity contribution < 1.29 is 4.52 Å². The quantitative estimate of drug-likeness (QED) is 0.584. The fraction of sp³-hybridized carbons (Fsp3) is 0.125. The minimum Gasteiger partial charge on any atom is -0.399 e. The molecule has 0 saturated heterocycles. The lowest BCUT2D eigenvalue weighted by molar-refractivity contribution is 0.391. The molecule has 0 fully saturated rings. The van der Waals surface area contributed by atoms with Crippen molar-refractivity contribution in [3.05, 3.63) is 60.0 Å². The summed E-state index contributed by atoms with van der Waals surface area (Å²) >= 11 is 1.67. The first-order chi connectivity index (χ1) is 10.2. The van der Waals surface area contributed by atoms with Crippen molar-refractivity contribution in [2.75, 3.05) is 5.73 Å². The van der Waals surface area contributed by atoms with E-state index in [0.29, 0.717) is 17.5 Å². The molecule has 106 valence electrons. The van der Waals surface area contributed by atoms with Crippen LogP contribution in [0.3, 0.4) is 0 Å². The Hall–Kier alpha value is -2.27. The highest BCUT2D eigenvalue weighted by Gasteiger charge is 2.09. The van der Waals surface area contributed by atoms with E-state index in [1.807, 2.05) is 55.5 Å². The van der Waals surface area contributed by atoms with E-state index in [1.165, 1.54) is 4.90 Å². The number of nitrogens with zero attached hydrogens (tertiary/aromatic N) is 2. The number of nitrogen functional groups attached to an aromatic ring is 1. The maximum atomic E-state index is 5.75. The Morgan fingerprint density at radius 2 is 1.95 bits per heavy atom. The molecule has 0 aliphatic carbocycles. The van der Waals surface area contributed by atoms with Crippen LogP contribution in [0.15, 0.2) is 57.9 Å². The van der Waals surface area contributed by atoms with Crippen LogP contribution in [0.1, 0.15) is 11.5 Å². The second kappa shape index (κ2) is 6.01. The summed E-state index contributed by atoms with van der Waals surface area (Å²) in [6.45, 7) is 2.04. The Bertz CT molecular complexity index is 740. The first kappa shape index (κ1) is 13.7. The van der Waals surface area contributed by atoms with Gasteiger partial charge in [-0.05, 0) is 30.7 Å². The molecule has 0 amide bonds. The molecule has 0 bridgehead atoms.